The Labute approximate surface area is 85.5 Å². The summed E-state index contributed by atoms with van der Waals surface area (Å²) in [5, 5.41) is 12.8. The Morgan fingerprint density at radius 3 is 2.62 bits per heavy atom. The summed E-state index contributed by atoms with van der Waals surface area (Å²) in [6.45, 7) is 4.73. The van der Waals surface area contributed by atoms with Gasteiger partial charge in [-0.25, -0.2) is 0 Å². The minimum absolute atomic E-state index is 0.243. The molecular weight excluding hydrogens is 182 g/mol. The Morgan fingerprint density at radius 2 is 2.08 bits per heavy atom. The molecule has 1 rings (SSSR count). The zero-order chi connectivity index (χ0) is 9.57. The van der Waals surface area contributed by atoms with Crippen LogP contribution in [0.4, 0.5) is 0 Å². The minimum Gasteiger partial charge on any atom is -0.396 e. The molecule has 3 heteroatoms. The van der Waals surface area contributed by atoms with Gasteiger partial charge in [-0.2, -0.15) is 11.8 Å². The molecule has 0 aromatic heterocycles. The Morgan fingerprint density at radius 1 is 1.38 bits per heavy atom. The Kier molecular flexibility index (Phi) is 5.14. The molecule has 1 saturated heterocycles. The van der Waals surface area contributed by atoms with Crippen LogP contribution in [0.1, 0.15) is 26.2 Å². The summed E-state index contributed by atoms with van der Waals surface area (Å²) in [5.74, 6) is 2.40. The van der Waals surface area contributed by atoms with Crippen molar-refractivity contribution in [1.29, 1.82) is 0 Å². The van der Waals surface area contributed by atoms with Gasteiger partial charge in [0.2, 0.25) is 0 Å². The monoisotopic (exact) mass is 203 g/mol. The van der Waals surface area contributed by atoms with E-state index in [0.717, 1.165) is 25.9 Å². The van der Waals surface area contributed by atoms with Crippen molar-refractivity contribution >= 4 is 11.8 Å². The average Bonchev–Trinajstić information content (AvgIpc) is 2.20. The number of hydrogen-bond acceptors (Lipinski definition) is 3. The molecule has 13 heavy (non-hydrogen) atoms. The summed E-state index contributed by atoms with van der Waals surface area (Å²) in [5.41, 5.74) is 0.243. The summed E-state index contributed by atoms with van der Waals surface area (Å²) in [6.07, 6.45) is 3.48. The second-order valence-corrected chi connectivity index (χ2v) is 5.25. The smallest absolute Gasteiger partial charge is 0.0488 e. The topological polar surface area (TPSA) is 32.3 Å². The van der Waals surface area contributed by atoms with Crippen molar-refractivity contribution in [1.82, 2.24) is 5.32 Å². The maximum Gasteiger partial charge on any atom is 0.0488 e. The average molecular weight is 203 g/mol. The summed E-state index contributed by atoms with van der Waals surface area (Å²) >= 11 is 1.98. The third-order valence-corrected chi connectivity index (χ3v) is 3.88. The van der Waals surface area contributed by atoms with E-state index in [4.69, 9.17) is 0 Å². The number of thioether (sulfide) groups is 1. The molecule has 1 aliphatic rings. The highest BCUT2D eigenvalue weighted by atomic mass is 32.2. The number of nitrogens with one attached hydrogen (secondary N) is 1. The van der Waals surface area contributed by atoms with Crippen LogP contribution in [0.2, 0.25) is 0 Å². The molecule has 1 fully saturated rings. The predicted molar refractivity (Wildman–Crippen MR) is 59.2 cm³/mol. The van der Waals surface area contributed by atoms with Crippen LogP contribution in [0.5, 0.6) is 0 Å². The molecule has 78 valence electrons. The molecular formula is C10H21NOS. The Hall–Kier alpha value is 0.270. The highest BCUT2D eigenvalue weighted by Crippen LogP contribution is 2.33. The fourth-order valence-electron chi connectivity index (χ4n) is 1.88. The van der Waals surface area contributed by atoms with E-state index in [-0.39, 0.29) is 5.41 Å². The van der Waals surface area contributed by atoms with Gasteiger partial charge in [0, 0.05) is 6.61 Å². The van der Waals surface area contributed by atoms with Crippen LogP contribution in [0, 0.1) is 5.41 Å². The van der Waals surface area contributed by atoms with Crippen molar-refractivity contribution < 1.29 is 5.11 Å². The van der Waals surface area contributed by atoms with Crippen LogP contribution in [0.3, 0.4) is 0 Å². The molecule has 2 N–H and O–H groups in total. The number of aliphatic hydroxyl groups is 1. The van der Waals surface area contributed by atoms with Crippen molar-refractivity contribution in [3.63, 3.8) is 0 Å². The summed E-state index contributed by atoms with van der Waals surface area (Å²) in [6, 6.07) is 0. The molecule has 1 aliphatic heterocycles. The van der Waals surface area contributed by atoms with Crippen molar-refractivity contribution in [3.8, 4) is 0 Å². The normalized spacial score (nSPS) is 21.7. The second-order valence-electron chi connectivity index (χ2n) is 3.86. The third kappa shape index (κ3) is 3.49. The van der Waals surface area contributed by atoms with Crippen LogP contribution >= 0.6 is 11.8 Å². The van der Waals surface area contributed by atoms with Crippen LogP contribution < -0.4 is 5.32 Å². The molecule has 0 radical (unpaired) electrons. The maximum atomic E-state index is 9.40. The number of hydrogen-bond donors (Lipinski definition) is 2. The molecule has 0 aromatic rings. The highest BCUT2D eigenvalue weighted by Gasteiger charge is 2.30. The molecule has 0 unspecified atom stereocenters. The quantitative estimate of drug-likeness (QED) is 0.664. The lowest BCUT2D eigenvalue weighted by Gasteiger charge is -2.36. The number of piperidine rings is 1. The van der Waals surface area contributed by atoms with E-state index in [2.05, 4.69) is 12.2 Å². The first-order chi connectivity index (χ1) is 6.33. The van der Waals surface area contributed by atoms with E-state index in [1.165, 1.54) is 17.9 Å². The van der Waals surface area contributed by atoms with Crippen molar-refractivity contribution in [3.05, 3.63) is 0 Å². The molecule has 0 aromatic carbocycles. The molecule has 0 spiro atoms. The summed E-state index contributed by atoms with van der Waals surface area (Å²) in [4.78, 5) is 0. The molecule has 0 bridgehead atoms. The van der Waals surface area contributed by atoms with E-state index in [9.17, 15) is 5.11 Å². The zero-order valence-electron chi connectivity index (χ0n) is 8.51. The van der Waals surface area contributed by atoms with Gasteiger partial charge in [-0.15, -0.1) is 0 Å². The summed E-state index contributed by atoms with van der Waals surface area (Å²) in [7, 11) is 0. The van der Waals surface area contributed by atoms with Crippen molar-refractivity contribution in [2.24, 2.45) is 5.41 Å². The van der Waals surface area contributed by atoms with E-state index < -0.39 is 0 Å². The van der Waals surface area contributed by atoms with Gasteiger partial charge in [-0.05, 0) is 49.3 Å². The van der Waals surface area contributed by atoms with E-state index in [1.54, 1.807) is 0 Å². The van der Waals surface area contributed by atoms with E-state index in [0.29, 0.717) is 6.61 Å². The lowest BCUT2D eigenvalue weighted by Crippen LogP contribution is -2.39. The molecule has 0 aliphatic carbocycles. The zero-order valence-corrected chi connectivity index (χ0v) is 9.33. The van der Waals surface area contributed by atoms with Gasteiger partial charge in [0.25, 0.3) is 0 Å². The minimum atomic E-state index is 0.243. The first-order valence-electron chi connectivity index (χ1n) is 5.22. The van der Waals surface area contributed by atoms with Gasteiger partial charge in [0.05, 0.1) is 0 Å². The number of rotatable bonds is 5. The largest absolute Gasteiger partial charge is 0.396 e. The number of aliphatic hydroxyl groups excluding tert-OH is 1. The van der Waals surface area contributed by atoms with Crippen LogP contribution in [0.15, 0.2) is 0 Å². The lowest BCUT2D eigenvalue weighted by molar-refractivity contribution is 0.0864. The Balaban J connectivity index is 2.29. The molecule has 2 nitrogen and oxygen atoms in total. The van der Waals surface area contributed by atoms with E-state index in [1.807, 2.05) is 11.8 Å². The first-order valence-corrected chi connectivity index (χ1v) is 6.38. The van der Waals surface area contributed by atoms with Gasteiger partial charge >= 0.3 is 0 Å². The van der Waals surface area contributed by atoms with Crippen molar-refractivity contribution in [2.75, 3.05) is 31.2 Å². The van der Waals surface area contributed by atoms with Gasteiger partial charge in [-0.3, -0.25) is 0 Å². The standard InChI is InChI=1S/C10H21NOS/c1-2-13-8-5-10(9-12)3-6-11-7-4-10/h11-12H,2-9H2,1H3. The third-order valence-electron chi connectivity index (χ3n) is 2.98. The second kappa shape index (κ2) is 5.89. The predicted octanol–water partition coefficient (Wildman–Crippen LogP) is 1.49. The van der Waals surface area contributed by atoms with Crippen LogP contribution in [0.25, 0.3) is 0 Å². The molecule has 1 heterocycles. The lowest BCUT2D eigenvalue weighted by atomic mass is 9.77. The Bertz CT molecular complexity index is 135. The van der Waals surface area contributed by atoms with Gasteiger partial charge < -0.3 is 10.4 Å². The van der Waals surface area contributed by atoms with Gasteiger partial charge in [-0.1, -0.05) is 6.92 Å². The fourth-order valence-corrected chi connectivity index (χ4v) is 2.74. The van der Waals surface area contributed by atoms with Crippen molar-refractivity contribution in [2.45, 2.75) is 26.2 Å². The fraction of sp³-hybridized carbons (Fsp3) is 1.00. The van der Waals surface area contributed by atoms with Gasteiger partial charge in [0.1, 0.15) is 0 Å². The van der Waals surface area contributed by atoms with Crippen LogP contribution in [-0.2, 0) is 0 Å². The first kappa shape index (κ1) is 11.3. The highest BCUT2D eigenvalue weighted by molar-refractivity contribution is 7.99. The molecule has 0 amide bonds. The molecule has 0 atom stereocenters. The molecule has 0 saturated carbocycles. The summed E-state index contributed by atoms with van der Waals surface area (Å²) < 4.78 is 0. The van der Waals surface area contributed by atoms with Gasteiger partial charge in [0.15, 0.2) is 0 Å². The van der Waals surface area contributed by atoms with E-state index >= 15 is 0 Å². The SMILES string of the molecule is CCSCCC1(CO)CCNCC1. The van der Waals surface area contributed by atoms with Crippen LogP contribution in [-0.4, -0.2) is 36.3 Å². The maximum absolute atomic E-state index is 9.40.